The summed E-state index contributed by atoms with van der Waals surface area (Å²) in [6, 6.07) is 10.3. The Balaban J connectivity index is 1.91. The van der Waals surface area contributed by atoms with Crippen LogP contribution in [0.1, 0.15) is 37.7 Å². The SMILES string of the molecule is O[SiH](C=Cc1ccccc1)C1CCCCC1. The summed E-state index contributed by atoms with van der Waals surface area (Å²) in [7, 11) is -1.63. The Morgan fingerprint density at radius 3 is 2.44 bits per heavy atom. The summed E-state index contributed by atoms with van der Waals surface area (Å²) in [6.07, 6.45) is 8.56. The monoisotopic (exact) mass is 232 g/mol. The Bertz CT molecular complexity index is 328. The highest BCUT2D eigenvalue weighted by Gasteiger charge is 2.21. The maximum absolute atomic E-state index is 10.2. The summed E-state index contributed by atoms with van der Waals surface area (Å²) in [6.45, 7) is 0. The summed E-state index contributed by atoms with van der Waals surface area (Å²) in [4.78, 5) is 10.2. The van der Waals surface area contributed by atoms with E-state index in [1.165, 1.54) is 37.7 Å². The molecule has 0 radical (unpaired) electrons. The largest absolute Gasteiger partial charge is 0.431 e. The van der Waals surface area contributed by atoms with Gasteiger partial charge in [-0.25, -0.2) is 0 Å². The average Bonchev–Trinajstić information content (AvgIpc) is 2.38. The van der Waals surface area contributed by atoms with Crippen molar-refractivity contribution < 1.29 is 4.80 Å². The van der Waals surface area contributed by atoms with Crippen molar-refractivity contribution in [2.75, 3.05) is 0 Å². The van der Waals surface area contributed by atoms with Crippen molar-refractivity contribution in [1.29, 1.82) is 0 Å². The van der Waals surface area contributed by atoms with Crippen LogP contribution in [0.15, 0.2) is 36.0 Å². The molecule has 1 unspecified atom stereocenters. The molecule has 1 atom stereocenters. The van der Waals surface area contributed by atoms with Crippen LogP contribution in [-0.4, -0.2) is 13.8 Å². The normalized spacial score (nSPS) is 20.1. The van der Waals surface area contributed by atoms with Crippen molar-refractivity contribution in [3.8, 4) is 0 Å². The van der Waals surface area contributed by atoms with Gasteiger partial charge in [0, 0.05) is 0 Å². The second-order valence-electron chi connectivity index (χ2n) is 4.66. The van der Waals surface area contributed by atoms with Gasteiger partial charge in [0.05, 0.1) is 0 Å². The lowest BCUT2D eigenvalue weighted by molar-refractivity contribution is 0.456. The molecule has 1 aromatic carbocycles. The molecule has 1 aliphatic carbocycles. The van der Waals surface area contributed by atoms with Gasteiger partial charge in [-0.1, -0.05) is 74.2 Å². The molecule has 86 valence electrons. The molecule has 0 bridgehead atoms. The predicted octanol–water partition coefficient (Wildman–Crippen LogP) is 3.29. The number of hydrogen-bond acceptors (Lipinski definition) is 1. The Morgan fingerprint density at radius 2 is 1.75 bits per heavy atom. The molecule has 1 fully saturated rings. The van der Waals surface area contributed by atoms with Crippen LogP contribution < -0.4 is 0 Å². The van der Waals surface area contributed by atoms with Crippen molar-refractivity contribution in [3.63, 3.8) is 0 Å². The second kappa shape index (κ2) is 6.02. The van der Waals surface area contributed by atoms with Crippen LogP contribution in [0.4, 0.5) is 0 Å². The molecule has 0 spiro atoms. The highest BCUT2D eigenvalue weighted by atomic mass is 28.3. The van der Waals surface area contributed by atoms with Gasteiger partial charge in [-0.2, -0.15) is 0 Å². The topological polar surface area (TPSA) is 20.2 Å². The maximum atomic E-state index is 10.2. The highest BCUT2D eigenvalue weighted by Crippen LogP contribution is 2.30. The smallest absolute Gasteiger partial charge is 0.200 e. The van der Waals surface area contributed by atoms with Crippen LogP contribution in [-0.2, 0) is 0 Å². The summed E-state index contributed by atoms with van der Waals surface area (Å²) in [5.74, 6) is 0. The summed E-state index contributed by atoms with van der Waals surface area (Å²) in [5.41, 5.74) is 3.91. The van der Waals surface area contributed by atoms with Crippen LogP contribution in [0.2, 0.25) is 5.54 Å². The fraction of sp³-hybridized carbons (Fsp3) is 0.429. The average molecular weight is 232 g/mol. The van der Waals surface area contributed by atoms with Gasteiger partial charge in [-0.3, -0.25) is 0 Å². The van der Waals surface area contributed by atoms with E-state index >= 15 is 0 Å². The van der Waals surface area contributed by atoms with Gasteiger partial charge >= 0.3 is 0 Å². The zero-order valence-electron chi connectivity index (χ0n) is 9.68. The Hall–Kier alpha value is -0.863. The van der Waals surface area contributed by atoms with E-state index in [9.17, 15) is 4.80 Å². The van der Waals surface area contributed by atoms with Crippen molar-refractivity contribution >= 4 is 15.1 Å². The molecule has 0 aromatic heterocycles. The van der Waals surface area contributed by atoms with E-state index in [1.807, 2.05) is 18.2 Å². The molecule has 0 amide bonds. The third kappa shape index (κ3) is 3.32. The van der Waals surface area contributed by atoms with Gasteiger partial charge in [-0.05, 0) is 11.1 Å². The van der Waals surface area contributed by atoms with E-state index in [0.717, 1.165) is 0 Å². The minimum Gasteiger partial charge on any atom is -0.431 e. The van der Waals surface area contributed by atoms with Crippen molar-refractivity contribution in [3.05, 3.63) is 41.6 Å². The Kier molecular flexibility index (Phi) is 4.37. The summed E-state index contributed by atoms with van der Waals surface area (Å²) >= 11 is 0. The maximum Gasteiger partial charge on any atom is 0.200 e. The third-order valence-corrected chi connectivity index (χ3v) is 5.64. The van der Waals surface area contributed by atoms with E-state index in [0.29, 0.717) is 5.54 Å². The van der Waals surface area contributed by atoms with Crippen molar-refractivity contribution in [2.24, 2.45) is 0 Å². The molecule has 0 aliphatic heterocycles. The molecule has 2 heteroatoms. The van der Waals surface area contributed by atoms with E-state index in [2.05, 4.69) is 23.9 Å². The first-order chi connectivity index (χ1) is 7.86. The lowest BCUT2D eigenvalue weighted by atomic mass is 10.0. The van der Waals surface area contributed by atoms with Crippen LogP contribution >= 0.6 is 0 Å². The van der Waals surface area contributed by atoms with E-state index in [1.54, 1.807) is 0 Å². The fourth-order valence-electron chi connectivity index (χ4n) is 2.41. The van der Waals surface area contributed by atoms with E-state index in [4.69, 9.17) is 0 Å². The second-order valence-corrected chi connectivity index (χ2v) is 6.97. The first-order valence-electron chi connectivity index (χ1n) is 6.27. The molecule has 1 aromatic rings. The Morgan fingerprint density at radius 1 is 1.06 bits per heavy atom. The molecular formula is C14H20OSi. The minimum atomic E-state index is -1.63. The minimum absolute atomic E-state index is 0.619. The standard InChI is InChI=1S/C14H20OSi/c15-16(14-9-5-2-6-10-14)12-11-13-7-3-1-4-8-13/h1,3-4,7-8,11-12,14-16H,2,5-6,9-10H2. The van der Waals surface area contributed by atoms with Crippen LogP contribution in [0.3, 0.4) is 0 Å². The Labute approximate surface area is 99.6 Å². The lowest BCUT2D eigenvalue weighted by Crippen LogP contribution is -2.20. The molecular weight excluding hydrogens is 212 g/mol. The van der Waals surface area contributed by atoms with Crippen molar-refractivity contribution in [2.45, 2.75) is 37.6 Å². The van der Waals surface area contributed by atoms with Gasteiger partial charge in [-0.15, -0.1) is 0 Å². The van der Waals surface area contributed by atoms with Crippen LogP contribution in [0, 0.1) is 0 Å². The van der Waals surface area contributed by atoms with Gasteiger partial charge in [0.2, 0.25) is 0 Å². The first-order valence-corrected chi connectivity index (χ1v) is 8.12. The molecule has 16 heavy (non-hydrogen) atoms. The highest BCUT2D eigenvalue weighted by molar-refractivity contribution is 6.58. The molecule has 1 N–H and O–H groups in total. The third-order valence-electron chi connectivity index (χ3n) is 3.42. The van der Waals surface area contributed by atoms with Gasteiger partial charge < -0.3 is 4.80 Å². The molecule has 2 rings (SSSR count). The summed E-state index contributed by atoms with van der Waals surface area (Å²) in [5, 5.41) is 0. The van der Waals surface area contributed by atoms with Crippen LogP contribution in [0.5, 0.6) is 0 Å². The lowest BCUT2D eigenvalue weighted by Gasteiger charge is -2.23. The fourth-order valence-corrected chi connectivity index (χ4v) is 4.29. The molecule has 1 aliphatic rings. The predicted molar refractivity (Wildman–Crippen MR) is 71.7 cm³/mol. The van der Waals surface area contributed by atoms with E-state index < -0.39 is 9.04 Å². The number of rotatable bonds is 3. The number of benzene rings is 1. The quantitative estimate of drug-likeness (QED) is 0.793. The zero-order valence-corrected chi connectivity index (χ0v) is 10.8. The number of hydrogen-bond donors (Lipinski definition) is 1. The molecule has 1 saturated carbocycles. The van der Waals surface area contributed by atoms with Gasteiger partial charge in [0.15, 0.2) is 9.04 Å². The first kappa shape index (κ1) is 11.6. The molecule has 1 nitrogen and oxygen atoms in total. The van der Waals surface area contributed by atoms with E-state index in [-0.39, 0.29) is 0 Å². The summed E-state index contributed by atoms with van der Waals surface area (Å²) < 4.78 is 0. The van der Waals surface area contributed by atoms with Gasteiger partial charge in [0.25, 0.3) is 0 Å². The zero-order chi connectivity index (χ0) is 11.2. The van der Waals surface area contributed by atoms with Gasteiger partial charge in [0.1, 0.15) is 0 Å². The molecule has 0 heterocycles. The molecule has 0 saturated heterocycles. The van der Waals surface area contributed by atoms with Crippen LogP contribution in [0.25, 0.3) is 6.08 Å². The van der Waals surface area contributed by atoms with Crippen molar-refractivity contribution in [1.82, 2.24) is 0 Å².